The summed E-state index contributed by atoms with van der Waals surface area (Å²) < 4.78 is 0. The van der Waals surface area contributed by atoms with Gasteiger partial charge in [-0.15, -0.1) is 0 Å². The monoisotopic (exact) mass is 182 g/mol. The van der Waals surface area contributed by atoms with Gasteiger partial charge in [-0.3, -0.25) is 0 Å². The van der Waals surface area contributed by atoms with Gasteiger partial charge >= 0.3 is 0 Å². The molecule has 0 bridgehead atoms. The molecule has 0 aliphatic heterocycles. The normalized spacial score (nSPS) is 23.2. The zero-order chi connectivity index (χ0) is 9.68. The molecule has 1 atom stereocenters. The van der Waals surface area contributed by atoms with Crippen LogP contribution in [-0.4, -0.2) is 13.6 Å². The van der Waals surface area contributed by atoms with Crippen LogP contribution in [0, 0.1) is 5.92 Å². The summed E-state index contributed by atoms with van der Waals surface area (Å²) in [6, 6.07) is 0. The summed E-state index contributed by atoms with van der Waals surface area (Å²) >= 11 is 0. The summed E-state index contributed by atoms with van der Waals surface area (Å²) in [4.78, 5) is 0. The van der Waals surface area contributed by atoms with Crippen LogP contribution >= 0.6 is 0 Å². The van der Waals surface area contributed by atoms with Crippen LogP contribution in [-0.2, 0) is 0 Å². The van der Waals surface area contributed by atoms with Gasteiger partial charge in [-0.1, -0.05) is 13.8 Å². The van der Waals surface area contributed by atoms with Crippen LogP contribution in [0.3, 0.4) is 0 Å². The van der Waals surface area contributed by atoms with Crippen molar-refractivity contribution in [2.75, 3.05) is 13.6 Å². The van der Waals surface area contributed by atoms with Crippen molar-refractivity contribution in [1.82, 2.24) is 10.6 Å². The molecule has 76 valence electrons. The molecule has 1 unspecified atom stereocenters. The van der Waals surface area contributed by atoms with Crippen LogP contribution in [0.15, 0.2) is 11.4 Å². The molecule has 0 fully saturated rings. The molecule has 1 rings (SSSR count). The fourth-order valence-electron chi connectivity index (χ4n) is 2.02. The Hall–Kier alpha value is -0.660. The van der Waals surface area contributed by atoms with Crippen LogP contribution < -0.4 is 10.6 Å². The Bertz CT molecular complexity index is 185. The van der Waals surface area contributed by atoms with Crippen molar-refractivity contribution < 1.29 is 0 Å². The van der Waals surface area contributed by atoms with E-state index in [1.807, 2.05) is 7.05 Å². The van der Waals surface area contributed by atoms with Crippen molar-refractivity contribution in [1.29, 1.82) is 0 Å². The molecule has 0 aromatic carbocycles. The lowest BCUT2D eigenvalue weighted by atomic mass is 9.91. The van der Waals surface area contributed by atoms with Crippen LogP contribution in [0.25, 0.3) is 0 Å². The summed E-state index contributed by atoms with van der Waals surface area (Å²) in [5.74, 6) is 0.707. The predicted molar refractivity (Wildman–Crippen MR) is 57.4 cm³/mol. The molecule has 0 saturated heterocycles. The Morgan fingerprint density at radius 2 is 2.23 bits per heavy atom. The Kier molecular flexibility index (Phi) is 4.13. The van der Waals surface area contributed by atoms with Crippen LogP contribution in [0.2, 0.25) is 0 Å². The number of hydrogen-bond acceptors (Lipinski definition) is 2. The van der Waals surface area contributed by atoms with Crippen molar-refractivity contribution >= 4 is 0 Å². The number of rotatable bonds is 4. The molecule has 0 aromatic heterocycles. The SMILES string of the molecule is CCCNC1=C(NC)C(C)CCC1. The molecule has 0 spiro atoms. The standard InChI is InChI=1S/C11H22N2/c1-4-8-13-10-7-5-6-9(2)11(10)12-3/h9,12-13H,4-8H2,1-3H3. The first-order valence-corrected chi connectivity index (χ1v) is 5.44. The molecule has 2 N–H and O–H groups in total. The van der Waals surface area contributed by atoms with Gasteiger partial charge in [0, 0.05) is 25.0 Å². The van der Waals surface area contributed by atoms with E-state index in [2.05, 4.69) is 24.5 Å². The van der Waals surface area contributed by atoms with Gasteiger partial charge in [0.05, 0.1) is 0 Å². The van der Waals surface area contributed by atoms with E-state index >= 15 is 0 Å². The lowest BCUT2D eigenvalue weighted by molar-refractivity contribution is 0.485. The second-order valence-electron chi connectivity index (χ2n) is 3.86. The van der Waals surface area contributed by atoms with Gasteiger partial charge in [-0.05, 0) is 31.6 Å². The van der Waals surface area contributed by atoms with Crippen LogP contribution in [0.4, 0.5) is 0 Å². The predicted octanol–water partition coefficient (Wildman–Crippen LogP) is 2.24. The maximum Gasteiger partial charge on any atom is 0.0325 e. The van der Waals surface area contributed by atoms with E-state index in [1.54, 1.807) is 0 Å². The Balaban J connectivity index is 2.62. The molecular weight excluding hydrogens is 160 g/mol. The van der Waals surface area contributed by atoms with E-state index in [1.165, 1.54) is 37.1 Å². The highest BCUT2D eigenvalue weighted by Crippen LogP contribution is 2.26. The van der Waals surface area contributed by atoms with Gasteiger partial charge in [0.25, 0.3) is 0 Å². The molecule has 13 heavy (non-hydrogen) atoms. The third-order valence-corrected chi connectivity index (χ3v) is 2.74. The molecule has 0 heterocycles. The van der Waals surface area contributed by atoms with Gasteiger partial charge < -0.3 is 10.6 Å². The largest absolute Gasteiger partial charge is 0.390 e. The summed E-state index contributed by atoms with van der Waals surface area (Å²) in [5, 5.41) is 6.85. The highest BCUT2D eigenvalue weighted by atomic mass is 14.9. The number of allylic oxidation sites excluding steroid dienone is 2. The summed E-state index contributed by atoms with van der Waals surface area (Å²) in [6.45, 7) is 5.62. The van der Waals surface area contributed by atoms with Gasteiger partial charge in [-0.2, -0.15) is 0 Å². The molecule has 1 aliphatic rings. The summed E-state index contributed by atoms with van der Waals surface area (Å²) in [7, 11) is 2.03. The Labute approximate surface area is 81.8 Å². The van der Waals surface area contributed by atoms with E-state index < -0.39 is 0 Å². The zero-order valence-electron chi connectivity index (χ0n) is 9.11. The first kappa shape index (κ1) is 10.4. The topological polar surface area (TPSA) is 24.1 Å². The van der Waals surface area contributed by atoms with Crippen molar-refractivity contribution in [2.24, 2.45) is 5.92 Å². The second-order valence-corrected chi connectivity index (χ2v) is 3.86. The quantitative estimate of drug-likeness (QED) is 0.696. The Morgan fingerprint density at radius 1 is 1.46 bits per heavy atom. The average molecular weight is 182 g/mol. The molecule has 0 amide bonds. The third-order valence-electron chi connectivity index (χ3n) is 2.74. The molecular formula is C11H22N2. The summed E-state index contributed by atoms with van der Waals surface area (Å²) in [6.07, 6.45) is 5.08. The molecule has 0 saturated carbocycles. The van der Waals surface area contributed by atoms with Crippen LogP contribution in [0.1, 0.15) is 39.5 Å². The van der Waals surface area contributed by atoms with E-state index in [4.69, 9.17) is 0 Å². The lowest BCUT2D eigenvalue weighted by Gasteiger charge is -2.26. The van der Waals surface area contributed by atoms with Crippen molar-refractivity contribution in [3.63, 3.8) is 0 Å². The van der Waals surface area contributed by atoms with E-state index in [0.717, 1.165) is 6.54 Å². The first-order chi connectivity index (χ1) is 6.29. The molecule has 0 aromatic rings. The third kappa shape index (κ3) is 2.64. The van der Waals surface area contributed by atoms with Gasteiger partial charge in [0.1, 0.15) is 0 Å². The molecule has 2 heteroatoms. The number of nitrogens with one attached hydrogen (secondary N) is 2. The average Bonchev–Trinajstić information content (AvgIpc) is 2.15. The molecule has 2 nitrogen and oxygen atoms in total. The highest BCUT2D eigenvalue weighted by Gasteiger charge is 2.17. The van der Waals surface area contributed by atoms with E-state index in [-0.39, 0.29) is 0 Å². The number of hydrogen-bond donors (Lipinski definition) is 2. The van der Waals surface area contributed by atoms with Crippen molar-refractivity contribution in [2.45, 2.75) is 39.5 Å². The van der Waals surface area contributed by atoms with Crippen LogP contribution in [0.5, 0.6) is 0 Å². The van der Waals surface area contributed by atoms with E-state index in [9.17, 15) is 0 Å². The van der Waals surface area contributed by atoms with Gasteiger partial charge in [-0.25, -0.2) is 0 Å². The minimum atomic E-state index is 0.707. The smallest absolute Gasteiger partial charge is 0.0325 e. The fourth-order valence-corrected chi connectivity index (χ4v) is 2.02. The fraction of sp³-hybridized carbons (Fsp3) is 0.818. The summed E-state index contributed by atoms with van der Waals surface area (Å²) in [5.41, 5.74) is 2.88. The maximum absolute atomic E-state index is 3.52. The van der Waals surface area contributed by atoms with Crippen molar-refractivity contribution in [3.05, 3.63) is 11.4 Å². The minimum absolute atomic E-state index is 0.707. The van der Waals surface area contributed by atoms with Gasteiger partial charge in [0.2, 0.25) is 0 Å². The second kappa shape index (κ2) is 5.15. The highest BCUT2D eigenvalue weighted by molar-refractivity contribution is 5.16. The molecule has 0 radical (unpaired) electrons. The van der Waals surface area contributed by atoms with Gasteiger partial charge in [0.15, 0.2) is 0 Å². The van der Waals surface area contributed by atoms with E-state index in [0.29, 0.717) is 5.92 Å². The zero-order valence-corrected chi connectivity index (χ0v) is 9.11. The first-order valence-electron chi connectivity index (χ1n) is 5.44. The minimum Gasteiger partial charge on any atom is -0.390 e. The van der Waals surface area contributed by atoms with Crippen molar-refractivity contribution in [3.8, 4) is 0 Å². The Morgan fingerprint density at radius 3 is 2.85 bits per heavy atom. The lowest BCUT2D eigenvalue weighted by Crippen LogP contribution is -2.27. The molecule has 1 aliphatic carbocycles. The maximum atomic E-state index is 3.52.